The third-order valence-corrected chi connectivity index (χ3v) is 8.86. The number of aryl methyl sites for hydroxylation is 2. The molecule has 5 heteroatoms. The number of aliphatic hydroxyl groups is 2. The maximum atomic E-state index is 11.1. The molecule has 3 N–H and O–H groups in total. The summed E-state index contributed by atoms with van der Waals surface area (Å²) in [5.41, 5.74) is 4.14. The molecule has 0 radical (unpaired) electrons. The molecule has 0 spiro atoms. The number of likely N-dealkylation sites (N-methyl/N-ethyl adjacent to an activating group) is 2. The molecule has 2 fully saturated rings. The molecule has 0 aromatic heterocycles. The maximum absolute atomic E-state index is 11.1. The van der Waals surface area contributed by atoms with Crippen LogP contribution >= 0.6 is 12.4 Å². The molecule has 2 aliphatic carbocycles. The summed E-state index contributed by atoms with van der Waals surface area (Å²) in [6.07, 6.45) is 11.0. The van der Waals surface area contributed by atoms with E-state index in [1.807, 2.05) is 0 Å². The van der Waals surface area contributed by atoms with Crippen molar-refractivity contribution in [3.05, 3.63) is 70.8 Å². The lowest BCUT2D eigenvalue weighted by Gasteiger charge is -2.40. The number of nitrogens with zero attached hydrogens (tertiary/aromatic N) is 1. The second-order valence-corrected chi connectivity index (χ2v) is 12.9. The van der Waals surface area contributed by atoms with Gasteiger partial charge in [0.1, 0.15) is 0 Å². The lowest BCUT2D eigenvalue weighted by atomic mass is 9.72. The van der Waals surface area contributed by atoms with Gasteiger partial charge in [-0.1, -0.05) is 98.2 Å². The van der Waals surface area contributed by atoms with Gasteiger partial charge in [0, 0.05) is 12.5 Å². The molecule has 2 aliphatic rings. The lowest BCUT2D eigenvalue weighted by molar-refractivity contribution is -0.860. The molecular weight excluding hydrogens is 504 g/mol. The first-order valence-electron chi connectivity index (χ1n) is 15.0. The molecule has 0 bridgehead atoms. The van der Waals surface area contributed by atoms with Gasteiger partial charge in [-0.3, -0.25) is 0 Å². The Kier molecular flexibility index (Phi) is 13.5. The first-order valence-corrected chi connectivity index (χ1v) is 15.0. The zero-order chi connectivity index (χ0) is 27.8. The topological polar surface area (TPSA) is 48.1 Å². The smallest absolute Gasteiger partial charge is 0.0864 e. The summed E-state index contributed by atoms with van der Waals surface area (Å²) >= 11 is 0. The fourth-order valence-electron chi connectivity index (χ4n) is 6.60. The summed E-state index contributed by atoms with van der Waals surface area (Å²) in [5.74, 6) is 0.488. The van der Waals surface area contributed by atoms with Crippen LogP contribution in [0.1, 0.15) is 98.3 Å². The highest BCUT2D eigenvalue weighted by molar-refractivity contribution is 5.85. The van der Waals surface area contributed by atoms with Crippen molar-refractivity contribution in [1.29, 1.82) is 0 Å². The summed E-state index contributed by atoms with van der Waals surface area (Å²) in [5, 5.41) is 22.2. The van der Waals surface area contributed by atoms with Gasteiger partial charge in [-0.2, -0.15) is 0 Å². The lowest BCUT2D eigenvalue weighted by Crippen LogP contribution is -3.06. The molecule has 4 nitrogen and oxygen atoms in total. The Morgan fingerprint density at radius 1 is 0.667 bits per heavy atom. The average molecular weight is 560 g/mol. The van der Waals surface area contributed by atoms with Gasteiger partial charge in [-0.15, -0.1) is 12.4 Å². The highest BCUT2D eigenvalue weighted by Gasteiger charge is 2.40. The van der Waals surface area contributed by atoms with Crippen LogP contribution in [-0.2, 0) is 0 Å². The minimum absolute atomic E-state index is 0. The second-order valence-electron chi connectivity index (χ2n) is 12.9. The second kappa shape index (κ2) is 15.5. The van der Waals surface area contributed by atoms with Crippen molar-refractivity contribution in [1.82, 2.24) is 4.90 Å². The molecule has 1 unspecified atom stereocenters. The molecule has 220 valence electrons. The highest BCUT2D eigenvalue weighted by atomic mass is 35.5. The standard InChI is InChI=1S/2C17H27NO.ClH/c2*1-14-7-9-15(10-8-14)16(13-18(2)3)17(19)11-5-4-6-12-17;/h2*7-10,16,19H,4-6,11-13H2,1-3H3;1H/p+1/t16-;;/m0../s1. The van der Waals surface area contributed by atoms with Gasteiger partial charge < -0.3 is 20.0 Å². The Hall–Kier alpha value is -1.43. The van der Waals surface area contributed by atoms with Crippen LogP contribution in [0, 0.1) is 13.8 Å². The maximum Gasteiger partial charge on any atom is 0.0864 e. The molecular formula is C34H56ClN2O2+. The van der Waals surface area contributed by atoms with Crippen molar-refractivity contribution < 1.29 is 15.1 Å². The van der Waals surface area contributed by atoms with Crippen LogP contribution in [0.25, 0.3) is 0 Å². The molecule has 4 rings (SSSR count). The Labute approximate surface area is 245 Å². The van der Waals surface area contributed by atoms with Gasteiger partial charge >= 0.3 is 0 Å². The number of rotatable bonds is 8. The minimum atomic E-state index is -0.516. The first kappa shape index (κ1) is 33.8. The van der Waals surface area contributed by atoms with Gasteiger partial charge in [-0.25, -0.2) is 0 Å². The van der Waals surface area contributed by atoms with Crippen molar-refractivity contribution in [2.75, 3.05) is 41.3 Å². The van der Waals surface area contributed by atoms with Crippen LogP contribution in [0.5, 0.6) is 0 Å². The summed E-state index contributed by atoms with van der Waals surface area (Å²) < 4.78 is 0. The molecule has 0 heterocycles. The van der Waals surface area contributed by atoms with Crippen molar-refractivity contribution in [3.63, 3.8) is 0 Å². The van der Waals surface area contributed by atoms with E-state index < -0.39 is 11.2 Å². The Bertz CT molecular complexity index is 867. The summed E-state index contributed by atoms with van der Waals surface area (Å²) in [7, 11) is 8.53. The van der Waals surface area contributed by atoms with Crippen molar-refractivity contribution >= 4 is 12.4 Å². The van der Waals surface area contributed by atoms with Crippen LogP contribution in [0.2, 0.25) is 0 Å². The quantitative estimate of drug-likeness (QED) is 0.390. The number of nitrogens with one attached hydrogen (secondary N) is 1. The number of hydrogen-bond acceptors (Lipinski definition) is 3. The van der Waals surface area contributed by atoms with Crippen LogP contribution in [0.4, 0.5) is 0 Å². The molecule has 0 saturated heterocycles. The van der Waals surface area contributed by atoms with Crippen LogP contribution in [0.3, 0.4) is 0 Å². The predicted octanol–water partition coefficient (Wildman–Crippen LogP) is 5.68. The van der Waals surface area contributed by atoms with E-state index in [1.165, 1.54) is 52.8 Å². The largest absolute Gasteiger partial charge is 0.389 e. The van der Waals surface area contributed by atoms with E-state index in [1.54, 1.807) is 0 Å². The van der Waals surface area contributed by atoms with E-state index >= 15 is 0 Å². The third-order valence-electron chi connectivity index (χ3n) is 8.86. The van der Waals surface area contributed by atoms with E-state index in [-0.39, 0.29) is 24.2 Å². The normalized spacial score (nSPS) is 19.9. The van der Waals surface area contributed by atoms with Crippen molar-refractivity contribution in [3.8, 4) is 0 Å². The number of hydrogen-bond donors (Lipinski definition) is 3. The predicted molar refractivity (Wildman–Crippen MR) is 167 cm³/mol. The highest BCUT2D eigenvalue weighted by Crippen LogP contribution is 2.41. The van der Waals surface area contributed by atoms with Gasteiger partial charge in [-0.05, 0) is 64.8 Å². The van der Waals surface area contributed by atoms with E-state index in [4.69, 9.17) is 0 Å². The number of benzene rings is 2. The van der Waals surface area contributed by atoms with Crippen LogP contribution in [0.15, 0.2) is 48.5 Å². The Morgan fingerprint density at radius 2 is 1.03 bits per heavy atom. The molecule has 0 aliphatic heterocycles. The van der Waals surface area contributed by atoms with Crippen molar-refractivity contribution in [2.24, 2.45) is 0 Å². The number of quaternary nitrogens is 1. The molecule has 0 amide bonds. The molecule has 2 saturated carbocycles. The van der Waals surface area contributed by atoms with Crippen LogP contribution in [-0.4, -0.2) is 67.6 Å². The van der Waals surface area contributed by atoms with Gasteiger partial charge in [0.15, 0.2) is 0 Å². The Balaban J connectivity index is 0.000000267. The van der Waals surface area contributed by atoms with E-state index in [0.29, 0.717) is 0 Å². The minimum Gasteiger partial charge on any atom is -0.389 e. The Morgan fingerprint density at radius 3 is 1.38 bits per heavy atom. The summed E-state index contributed by atoms with van der Waals surface area (Å²) in [4.78, 5) is 3.60. The molecule has 39 heavy (non-hydrogen) atoms. The number of halogens is 1. The van der Waals surface area contributed by atoms with Gasteiger partial charge in [0.05, 0.1) is 37.8 Å². The summed E-state index contributed by atoms with van der Waals surface area (Å²) in [6, 6.07) is 17.4. The van der Waals surface area contributed by atoms with Crippen molar-refractivity contribution in [2.45, 2.75) is 101 Å². The van der Waals surface area contributed by atoms with Gasteiger partial charge in [0.25, 0.3) is 0 Å². The average Bonchev–Trinajstić information content (AvgIpc) is 2.88. The zero-order valence-corrected chi connectivity index (χ0v) is 26.3. The first-order chi connectivity index (χ1) is 18.0. The molecule has 2 atom stereocenters. The van der Waals surface area contributed by atoms with E-state index in [2.05, 4.69) is 95.5 Å². The monoisotopic (exact) mass is 559 g/mol. The van der Waals surface area contributed by atoms with E-state index in [9.17, 15) is 10.2 Å². The molecule has 2 aromatic carbocycles. The van der Waals surface area contributed by atoms with Crippen LogP contribution < -0.4 is 4.90 Å². The molecule has 2 aromatic rings. The fourth-order valence-corrected chi connectivity index (χ4v) is 6.60. The van der Waals surface area contributed by atoms with E-state index in [0.717, 1.165) is 51.6 Å². The SMILES string of the molecule is Cc1ccc(C(CN(C)C)C2(O)CCCCC2)cc1.Cc1ccc([C@H](C[NH+](C)C)C2(O)CCCCC2)cc1.Cl. The zero-order valence-electron chi connectivity index (χ0n) is 25.5. The third kappa shape index (κ3) is 9.86. The van der Waals surface area contributed by atoms with Gasteiger partial charge in [0.2, 0.25) is 0 Å². The summed E-state index contributed by atoms with van der Waals surface area (Å²) in [6.45, 7) is 6.14. The fraction of sp³-hybridized carbons (Fsp3) is 0.647.